The molecule has 118 valence electrons. The van der Waals surface area contributed by atoms with Crippen LogP contribution in [0.1, 0.15) is 9.67 Å². The van der Waals surface area contributed by atoms with E-state index < -0.39 is 11.9 Å². The van der Waals surface area contributed by atoms with E-state index in [0.717, 1.165) is 12.2 Å². The standard InChI is InChI=1S/C15H17NO5S/c1-3-13(17)20-9-7-16(8-10-21-14(18)4-2)15(19)12-6-5-11-22-12/h3-6,11H,1-2,7-10H2. The normalized spacial score (nSPS) is 9.64. The van der Waals surface area contributed by atoms with E-state index >= 15 is 0 Å². The van der Waals surface area contributed by atoms with Crippen molar-refractivity contribution in [2.75, 3.05) is 26.3 Å². The summed E-state index contributed by atoms with van der Waals surface area (Å²) < 4.78 is 9.73. The van der Waals surface area contributed by atoms with Crippen LogP contribution in [0.2, 0.25) is 0 Å². The van der Waals surface area contributed by atoms with Crippen LogP contribution >= 0.6 is 11.3 Å². The highest BCUT2D eigenvalue weighted by atomic mass is 32.1. The van der Waals surface area contributed by atoms with Crippen molar-refractivity contribution in [1.29, 1.82) is 0 Å². The Bertz CT molecular complexity index is 512. The van der Waals surface area contributed by atoms with E-state index in [2.05, 4.69) is 13.2 Å². The van der Waals surface area contributed by atoms with E-state index in [9.17, 15) is 14.4 Å². The maximum absolute atomic E-state index is 12.3. The molecule has 0 atom stereocenters. The van der Waals surface area contributed by atoms with E-state index in [0.29, 0.717) is 4.88 Å². The molecule has 22 heavy (non-hydrogen) atoms. The lowest BCUT2D eigenvalue weighted by Gasteiger charge is -2.21. The summed E-state index contributed by atoms with van der Waals surface area (Å²) >= 11 is 1.31. The first-order valence-corrected chi connectivity index (χ1v) is 7.37. The molecule has 0 radical (unpaired) electrons. The first-order valence-electron chi connectivity index (χ1n) is 6.49. The summed E-state index contributed by atoms with van der Waals surface area (Å²) in [6.07, 6.45) is 2.11. The topological polar surface area (TPSA) is 72.9 Å². The zero-order chi connectivity index (χ0) is 16.4. The summed E-state index contributed by atoms with van der Waals surface area (Å²) in [6.45, 7) is 7.06. The predicted molar refractivity (Wildman–Crippen MR) is 82.5 cm³/mol. The summed E-state index contributed by atoms with van der Waals surface area (Å²) in [5.74, 6) is -1.32. The second kappa shape index (κ2) is 9.51. The number of carbonyl (C=O) groups excluding carboxylic acids is 3. The zero-order valence-electron chi connectivity index (χ0n) is 12.0. The van der Waals surface area contributed by atoms with Gasteiger partial charge in [0.2, 0.25) is 0 Å². The summed E-state index contributed by atoms with van der Waals surface area (Å²) in [5, 5.41) is 1.79. The Labute approximate surface area is 132 Å². The highest BCUT2D eigenvalue weighted by molar-refractivity contribution is 7.12. The van der Waals surface area contributed by atoms with Crippen molar-refractivity contribution in [3.05, 3.63) is 47.7 Å². The quantitative estimate of drug-likeness (QED) is 0.510. The molecular formula is C15H17NO5S. The molecule has 0 saturated carbocycles. The van der Waals surface area contributed by atoms with Gasteiger partial charge >= 0.3 is 11.9 Å². The lowest BCUT2D eigenvalue weighted by molar-refractivity contribution is -0.138. The fraction of sp³-hybridized carbons (Fsp3) is 0.267. The van der Waals surface area contributed by atoms with Gasteiger partial charge in [-0.05, 0) is 11.4 Å². The van der Waals surface area contributed by atoms with Gasteiger partial charge in [-0.1, -0.05) is 19.2 Å². The number of thiophene rings is 1. The second-order valence-corrected chi connectivity index (χ2v) is 4.96. The molecule has 0 aliphatic carbocycles. The molecule has 7 heteroatoms. The van der Waals surface area contributed by atoms with Crippen LogP contribution in [0, 0.1) is 0 Å². The van der Waals surface area contributed by atoms with Crippen molar-refractivity contribution in [2.45, 2.75) is 0 Å². The van der Waals surface area contributed by atoms with E-state index in [4.69, 9.17) is 9.47 Å². The molecule has 0 aromatic carbocycles. The molecule has 1 heterocycles. The molecule has 1 rings (SSSR count). The van der Waals surface area contributed by atoms with Gasteiger partial charge in [0.1, 0.15) is 13.2 Å². The third-order valence-electron chi connectivity index (χ3n) is 2.56. The van der Waals surface area contributed by atoms with Crippen LogP contribution in [0.25, 0.3) is 0 Å². The Balaban J connectivity index is 2.57. The van der Waals surface area contributed by atoms with E-state index in [1.165, 1.54) is 16.2 Å². The predicted octanol–water partition coefficient (Wildman–Crippen LogP) is 1.65. The van der Waals surface area contributed by atoms with Gasteiger partial charge in [-0.3, -0.25) is 4.79 Å². The Morgan fingerprint density at radius 1 is 1.09 bits per heavy atom. The summed E-state index contributed by atoms with van der Waals surface area (Å²) in [7, 11) is 0. The molecule has 0 aliphatic heterocycles. The molecule has 1 aromatic rings. The van der Waals surface area contributed by atoms with Gasteiger partial charge in [0.05, 0.1) is 18.0 Å². The lowest BCUT2D eigenvalue weighted by Crippen LogP contribution is -2.36. The van der Waals surface area contributed by atoms with Crippen LogP contribution in [-0.4, -0.2) is 49.0 Å². The number of hydrogen-bond donors (Lipinski definition) is 0. The molecule has 1 aromatic heterocycles. The van der Waals surface area contributed by atoms with Gasteiger partial charge in [-0.25, -0.2) is 9.59 Å². The molecular weight excluding hydrogens is 306 g/mol. The second-order valence-electron chi connectivity index (χ2n) is 4.01. The van der Waals surface area contributed by atoms with Crippen molar-refractivity contribution in [2.24, 2.45) is 0 Å². The number of ether oxygens (including phenoxy) is 2. The zero-order valence-corrected chi connectivity index (χ0v) is 12.8. The molecule has 1 amide bonds. The Kier molecular flexibility index (Phi) is 7.63. The lowest BCUT2D eigenvalue weighted by atomic mass is 10.3. The largest absolute Gasteiger partial charge is 0.461 e. The molecule has 0 unspecified atom stereocenters. The highest BCUT2D eigenvalue weighted by Gasteiger charge is 2.17. The van der Waals surface area contributed by atoms with Gasteiger partial charge in [-0.2, -0.15) is 0 Å². The van der Waals surface area contributed by atoms with Crippen LogP contribution in [0.3, 0.4) is 0 Å². The SMILES string of the molecule is C=CC(=O)OCCN(CCOC(=O)C=C)C(=O)c1cccs1. The smallest absolute Gasteiger partial charge is 0.330 e. The maximum atomic E-state index is 12.3. The fourth-order valence-corrected chi connectivity index (χ4v) is 2.19. The average Bonchev–Trinajstić information content (AvgIpc) is 3.06. The van der Waals surface area contributed by atoms with Gasteiger partial charge in [0.15, 0.2) is 0 Å². The minimum atomic E-state index is -0.554. The minimum absolute atomic E-state index is 0.0391. The van der Waals surface area contributed by atoms with Crippen molar-refractivity contribution in [3.8, 4) is 0 Å². The molecule has 0 fully saturated rings. The number of esters is 2. The summed E-state index contributed by atoms with van der Waals surface area (Å²) in [6, 6.07) is 3.47. The Hall–Kier alpha value is -2.41. The number of carbonyl (C=O) groups is 3. The molecule has 0 N–H and O–H groups in total. The number of rotatable bonds is 9. The number of hydrogen-bond acceptors (Lipinski definition) is 6. The van der Waals surface area contributed by atoms with E-state index in [-0.39, 0.29) is 32.2 Å². The average molecular weight is 323 g/mol. The summed E-state index contributed by atoms with van der Waals surface area (Å²) in [4.78, 5) is 36.4. The van der Waals surface area contributed by atoms with Crippen LogP contribution in [0.5, 0.6) is 0 Å². The van der Waals surface area contributed by atoms with E-state index in [1.807, 2.05) is 0 Å². The third kappa shape index (κ3) is 5.92. The Morgan fingerprint density at radius 2 is 1.64 bits per heavy atom. The highest BCUT2D eigenvalue weighted by Crippen LogP contribution is 2.12. The first kappa shape index (κ1) is 17.6. The molecule has 6 nitrogen and oxygen atoms in total. The molecule has 0 saturated heterocycles. The van der Waals surface area contributed by atoms with Crippen molar-refractivity contribution < 1.29 is 23.9 Å². The monoisotopic (exact) mass is 323 g/mol. The third-order valence-corrected chi connectivity index (χ3v) is 3.42. The van der Waals surface area contributed by atoms with Gasteiger partial charge in [0.25, 0.3) is 5.91 Å². The molecule has 0 aliphatic rings. The van der Waals surface area contributed by atoms with Crippen molar-refractivity contribution in [1.82, 2.24) is 4.90 Å². The summed E-state index contributed by atoms with van der Waals surface area (Å²) in [5.41, 5.74) is 0. The van der Waals surface area contributed by atoms with Gasteiger partial charge < -0.3 is 14.4 Å². The molecule has 0 spiro atoms. The van der Waals surface area contributed by atoms with Gasteiger partial charge in [-0.15, -0.1) is 11.3 Å². The maximum Gasteiger partial charge on any atom is 0.330 e. The van der Waals surface area contributed by atoms with Crippen LogP contribution in [-0.2, 0) is 19.1 Å². The fourth-order valence-electron chi connectivity index (χ4n) is 1.50. The van der Waals surface area contributed by atoms with Crippen molar-refractivity contribution >= 4 is 29.2 Å². The Morgan fingerprint density at radius 3 is 2.05 bits per heavy atom. The number of nitrogens with zero attached hydrogens (tertiary/aromatic N) is 1. The first-order chi connectivity index (χ1) is 10.6. The van der Waals surface area contributed by atoms with E-state index in [1.54, 1.807) is 17.5 Å². The van der Waals surface area contributed by atoms with Gasteiger partial charge in [0, 0.05) is 12.2 Å². The van der Waals surface area contributed by atoms with Crippen LogP contribution in [0.4, 0.5) is 0 Å². The van der Waals surface area contributed by atoms with Crippen molar-refractivity contribution in [3.63, 3.8) is 0 Å². The van der Waals surface area contributed by atoms with Crippen LogP contribution < -0.4 is 0 Å². The number of amides is 1. The van der Waals surface area contributed by atoms with Crippen LogP contribution in [0.15, 0.2) is 42.8 Å². The minimum Gasteiger partial charge on any atom is -0.461 e. The molecule has 0 bridgehead atoms.